The van der Waals surface area contributed by atoms with Crippen molar-refractivity contribution >= 4 is 15.9 Å². The first kappa shape index (κ1) is 10.2. The second-order valence-electron chi connectivity index (χ2n) is 4.13. The summed E-state index contributed by atoms with van der Waals surface area (Å²) in [4.78, 5) is 0. The minimum absolute atomic E-state index is 0.370. The molecule has 0 aliphatic heterocycles. The van der Waals surface area contributed by atoms with E-state index in [1.54, 1.807) is 0 Å². The highest BCUT2D eigenvalue weighted by Gasteiger charge is 2.53. The van der Waals surface area contributed by atoms with Crippen molar-refractivity contribution in [2.75, 3.05) is 6.54 Å². The van der Waals surface area contributed by atoms with E-state index in [0.717, 1.165) is 6.54 Å². The number of benzene rings is 1. The lowest BCUT2D eigenvalue weighted by molar-refractivity contribution is 0.585. The summed E-state index contributed by atoms with van der Waals surface area (Å²) >= 11 is 3.63. The van der Waals surface area contributed by atoms with Gasteiger partial charge in [0.15, 0.2) is 0 Å². The van der Waals surface area contributed by atoms with Crippen molar-refractivity contribution in [1.29, 1.82) is 0 Å². The van der Waals surface area contributed by atoms with Crippen molar-refractivity contribution < 1.29 is 0 Å². The summed E-state index contributed by atoms with van der Waals surface area (Å²) in [7, 11) is 0. The van der Waals surface area contributed by atoms with Crippen molar-refractivity contribution in [3.05, 3.63) is 34.3 Å². The van der Waals surface area contributed by atoms with Gasteiger partial charge in [-0.25, -0.2) is 0 Å². The van der Waals surface area contributed by atoms with Crippen LogP contribution in [-0.4, -0.2) is 6.54 Å². The van der Waals surface area contributed by atoms with Crippen LogP contribution in [0.3, 0.4) is 0 Å². The van der Waals surface area contributed by atoms with Gasteiger partial charge in [-0.2, -0.15) is 0 Å². The monoisotopic (exact) mass is 253 g/mol. The highest BCUT2D eigenvalue weighted by Crippen LogP contribution is 2.57. The van der Waals surface area contributed by atoms with E-state index < -0.39 is 0 Å². The molecule has 1 fully saturated rings. The van der Waals surface area contributed by atoms with E-state index in [0.29, 0.717) is 11.3 Å². The second-order valence-corrected chi connectivity index (χ2v) is 4.98. The van der Waals surface area contributed by atoms with Crippen molar-refractivity contribution in [3.63, 3.8) is 0 Å². The van der Waals surface area contributed by atoms with Crippen molar-refractivity contribution in [1.82, 2.24) is 0 Å². The molecule has 1 aliphatic carbocycles. The molecule has 0 aromatic heterocycles. The smallest absolute Gasteiger partial charge is 0.0213 e. The summed E-state index contributed by atoms with van der Waals surface area (Å²) in [5.41, 5.74) is 7.57. The molecule has 76 valence electrons. The van der Waals surface area contributed by atoms with Gasteiger partial charge in [0.1, 0.15) is 0 Å². The highest BCUT2D eigenvalue weighted by atomic mass is 79.9. The minimum Gasteiger partial charge on any atom is -0.330 e. The van der Waals surface area contributed by atoms with Crippen molar-refractivity contribution in [3.8, 4) is 0 Å². The molecule has 0 radical (unpaired) electrons. The molecule has 1 aliphatic rings. The van der Waals surface area contributed by atoms with E-state index in [-0.39, 0.29) is 0 Å². The lowest BCUT2D eigenvalue weighted by Gasteiger charge is -2.17. The third kappa shape index (κ3) is 1.41. The Bertz CT molecular complexity index is 337. The fourth-order valence-electron chi connectivity index (χ4n) is 2.51. The average molecular weight is 254 g/mol. The van der Waals surface area contributed by atoms with Crippen LogP contribution in [-0.2, 0) is 5.41 Å². The Balaban J connectivity index is 2.35. The van der Waals surface area contributed by atoms with Crippen LogP contribution in [0.1, 0.15) is 25.3 Å². The summed E-state index contributed by atoms with van der Waals surface area (Å²) in [5, 5.41) is 0. The third-order valence-electron chi connectivity index (χ3n) is 3.56. The molecule has 1 aromatic rings. The fraction of sp³-hybridized carbons (Fsp3) is 0.500. The van der Waals surface area contributed by atoms with Gasteiger partial charge in [-0.15, -0.1) is 0 Å². The normalized spacial score (nSPS) is 30.4. The summed E-state index contributed by atoms with van der Waals surface area (Å²) in [6, 6.07) is 8.53. The van der Waals surface area contributed by atoms with Crippen LogP contribution < -0.4 is 5.73 Å². The van der Waals surface area contributed by atoms with Crippen LogP contribution >= 0.6 is 15.9 Å². The molecule has 0 saturated heterocycles. The van der Waals surface area contributed by atoms with Crippen LogP contribution in [0.25, 0.3) is 0 Å². The van der Waals surface area contributed by atoms with Gasteiger partial charge in [-0.3, -0.25) is 0 Å². The topological polar surface area (TPSA) is 26.0 Å². The van der Waals surface area contributed by atoms with Gasteiger partial charge < -0.3 is 5.73 Å². The maximum atomic E-state index is 5.76. The van der Waals surface area contributed by atoms with Gasteiger partial charge in [0.05, 0.1) is 0 Å². The molecule has 0 bridgehead atoms. The zero-order valence-electron chi connectivity index (χ0n) is 8.46. The zero-order valence-corrected chi connectivity index (χ0v) is 10.0. The number of hydrogen-bond donors (Lipinski definition) is 1. The zero-order chi connectivity index (χ0) is 10.2. The fourth-order valence-corrected chi connectivity index (χ4v) is 3.19. The predicted molar refractivity (Wildman–Crippen MR) is 63.3 cm³/mol. The van der Waals surface area contributed by atoms with E-state index in [4.69, 9.17) is 5.73 Å². The summed E-state index contributed by atoms with van der Waals surface area (Å²) in [6.07, 6.45) is 2.44. The number of nitrogens with two attached hydrogens (primary N) is 1. The maximum Gasteiger partial charge on any atom is 0.0213 e. The van der Waals surface area contributed by atoms with Crippen LogP contribution in [0.4, 0.5) is 0 Å². The minimum atomic E-state index is 0.370. The molecule has 2 atom stereocenters. The van der Waals surface area contributed by atoms with E-state index in [2.05, 4.69) is 47.1 Å². The second kappa shape index (κ2) is 3.67. The Kier molecular flexibility index (Phi) is 2.67. The molecule has 14 heavy (non-hydrogen) atoms. The molecule has 2 rings (SSSR count). The van der Waals surface area contributed by atoms with Gasteiger partial charge in [0, 0.05) is 9.89 Å². The Morgan fingerprint density at radius 2 is 2.21 bits per heavy atom. The van der Waals surface area contributed by atoms with Gasteiger partial charge >= 0.3 is 0 Å². The van der Waals surface area contributed by atoms with Gasteiger partial charge in [0.2, 0.25) is 0 Å². The van der Waals surface area contributed by atoms with Crippen LogP contribution in [0.2, 0.25) is 0 Å². The molecule has 1 nitrogen and oxygen atoms in total. The van der Waals surface area contributed by atoms with E-state index >= 15 is 0 Å². The maximum absolute atomic E-state index is 5.76. The summed E-state index contributed by atoms with van der Waals surface area (Å²) in [6.45, 7) is 3.07. The standard InChI is InChI=1S/C12H16BrN/c1-2-12(7-9(12)8-14)10-5-3-4-6-11(10)13/h3-6,9H,2,7-8,14H2,1H3/t9-,12?/m0/s1. The number of halogens is 1. The summed E-state index contributed by atoms with van der Waals surface area (Å²) in [5.74, 6) is 0.686. The Labute approximate surface area is 93.8 Å². The summed E-state index contributed by atoms with van der Waals surface area (Å²) < 4.78 is 1.23. The Morgan fingerprint density at radius 1 is 1.50 bits per heavy atom. The molecule has 2 N–H and O–H groups in total. The molecule has 1 saturated carbocycles. The van der Waals surface area contributed by atoms with E-state index in [1.807, 2.05) is 0 Å². The number of rotatable bonds is 3. The van der Waals surface area contributed by atoms with Crippen molar-refractivity contribution in [2.24, 2.45) is 11.7 Å². The lowest BCUT2D eigenvalue weighted by atomic mass is 9.90. The van der Waals surface area contributed by atoms with Crippen LogP contribution in [0.5, 0.6) is 0 Å². The molecule has 0 spiro atoms. The first-order valence-electron chi connectivity index (χ1n) is 5.19. The number of hydrogen-bond acceptors (Lipinski definition) is 1. The lowest BCUT2D eigenvalue weighted by Crippen LogP contribution is -2.14. The molecular formula is C12H16BrN. The molecule has 1 aromatic carbocycles. The molecule has 2 heteroatoms. The van der Waals surface area contributed by atoms with Gasteiger partial charge in [0.25, 0.3) is 0 Å². The predicted octanol–water partition coefficient (Wildman–Crippen LogP) is 3.08. The molecular weight excluding hydrogens is 238 g/mol. The largest absolute Gasteiger partial charge is 0.330 e. The SMILES string of the molecule is CCC1(c2ccccc2Br)C[C@H]1CN. The first-order valence-corrected chi connectivity index (χ1v) is 5.99. The Hall–Kier alpha value is -0.340. The van der Waals surface area contributed by atoms with Crippen LogP contribution in [0, 0.1) is 5.92 Å². The Morgan fingerprint density at radius 3 is 2.71 bits per heavy atom. The van der Waals surface area contributed by atoms with Crippen molar-refractivity contribution in [2.45, 2.75) is 25.2 Å². The molecule has 0 heterocycles. The molecule has 0 amide bonds. The highest BCUT2D eigenvalue weighted by molar-refractivity contribution is 9.10. The quantitative estimate of drug-likeness (QED) is 0.881. The van der Waals surface area contributed by atoms with E-state index in [1.165, 1.54) is 22.9 Å². The van der Waals surface area contributed by atoms with Crippen LogP contribution in [0.15, 0.2) is 28.7 Å². The third-order valence-corrected chi connectivity index (χ3v) is 4.25. The van der Waals surface area contributed by atoms with E-state index in [9.17, 15) is 0 Å². The van der Waals surface area contributed by atoms with Gasteiger partial charge in [-0.1, -0.05) is 41.1 Å². The average Bonchev–Trinajstić information content (AvgIpc) is 2.93. The van der Waals surface area contributed by atoms with Gasteiger partial charge in [-0.05, 0) is 36.9 Å². The molecule has 1 unspecified atom stereocenters. The first-order chi connectivity index (χ1) is 6.74.